The maximum absolute atomic E-state index is 13.7. The monoisotopic (exact) mass is 348 g/mol. The van der Waals surface area contributed by atoms with Crippen molar-refractivity contribution in [2.24, 2.45) is 0 Å². The van der Waals surface area contributed by atoms with E-state index in [1.807, 2.05) is 0 Å². The van der Waals surface area contributed by atoms with Crippen LogP contribution in [0.15, 0.2) is 36.4 Å². The van der Waals surface area contributed by atoms with E-state index < -0.39 is 22.3 Å². The Balaban J connectivity index is 2.28. The summed E-state index contributed by atoms with van der Waals surface area (Å²) in [6, 6.07) is 7.84. The Morgan fingerprint density at radius 3 is 2.21 bits per heavy atom. The largest absolute Gasteiger partial charge is 0.207 e. The van der Waals surface area contributed by atoms with Gasteiger partial charge in [0.15, 0.2) is 0 Å². The summed E-state index contributed by atoms with van der Waals surface area (Å²) < 4.78 is 40.7. The lowest BCUT2D eigenvalue weighted by atomic mass is 10.0. The van der Waals surface area contributed by atoms with E-state index in [1.165, 1.54) is 36.4 Å². The molecule has 0 nitrogen and oxygen atoms in total. The molecule has 100 valence electrons. The molecule has 0 spiro atoms. The minimum Gasteiger partial charge on any atom is -0.207 e. The Hall–Kier alpha value is -1.00. The van der Waals surface area contributed by atoms with Gasteiger partial charge in [-0.05, 0) is 30.7 Å². The molecule has 2 aromatic carbocycles. The summed E-state index contributed by atoms with van der Waals surface area (Å²) in [5.41, 5.74) is 0.241. The van der Waals surface area contributed by atoms with E-state index in [9.17, 15) is 13.2 Å². The number of hydrogen-bond donors (Lipinski definition) is 0. The quantitative estimate of drug-likeness (QED) is 0.648. The van der Waals surface area contributed by atoms with E-state index in [1.54, 1.807) is 0 Å². The van der Waals surface area contributed by atoms with Crippen molar-refractivity contribution in [1.29, 1.82) is 0 Å². The van der Waals surface area contributed by atoms with Crippen LogP contribution in [0.4, 0.5) is 13.2 Å². The molecule has 1 unspecified atom stereocenters. The highest BCUT2D eigenvalue weighted by Gasteiger charge is 2.18. The lowest BCUT2D eigenvalue weighted by molar-refractivity contribution is 0.550. The zero-order chi connectivity index (χ0) is 14.0. The third-order valence-electron chi connectivity index (χ3n) is 2.74. The smallest absolute Gasteiger partial charge is 0.129 e. The van der Waals surface area contributed by atoms with Crippen LogP contribution in [0.2, 0.25) is 5.02 Å². The van der Waals surface area contributed by atoms with Gasteiger partial charge < -0.3 is 0 Å². The number of hydrogen-bond acceptors (Lipinski definition) is 0. The average molecular weight is 350 g/mol. The normalized spacial score (nSPS) is 12.5. The molecule has 0 heterocycles. The molecule has 0 aromatic heterocycles. The molecule has 2 rings (SSSR count). The fourth-order valence-electron chi connectivity index (χ4n) is 1.77. The molecule has 19 heavy (non-hydrogen) atoms. The first kappa shape index (κ1) is 14.4. The summed E-state index contributed by atoms with van der Waals surface area (Å²) >= 11 is 8.91. The van der Waals surface area contributed by atoms with Crippen LogP contribution in [0.5, 0.6) is 0 Å². The van der Waals surface area contributed by atoms with E-state index in [0.29, 0.717) is 5.56 Å². The molecular weight excluding hydrogens is 341 g/mol. The molecule has 5 heteroatoms. The van der Waals surface area contributed by atoms with Gasteiger partial charge in [-0.15, -0.1) is 0 Å². The molecule has 0 amide bonds. The third kappa shape index (κ3) is 3.31. The van der Waals surface area contributed by atoms with E-state index in [0.717, 1.165) is 0 Å². The highest BCUT2D eigenvalue weighted by Crippen LogP contribution is 2.31. The molecule has 0 aliphatic heterocycles. The molecular formula is C14H9BrClF3. The minimum atomic E-state index is -0.640. The van der Waals surface area contributed by atoms with Crippen molar-refractivity contribution in [3.8, 4) is 0 Å². The summed E-state index contributed by atoms with van der Waals surface area (Å²) in [6.07, 6.45) is 0.0110. The van der Waals surface area contributed by atoms with Gasteiger partial charge in [0.25, 0.3) is 0 Å². The van der Waals surface area contributed by atoms with Crippen LogP contribution >= 0.6 is 27.5 Å². The minimum absolute atomic E-state index is 0.0110. The van der Waals surface area contributed by atoms with Gasteiger partial charge in [0.05, 0.1) is 0 Å². The predicted octanol–water partition coefficient (Wildman–Crippen LogP) is 5.44. The van der Waals surface area contributed by atoms with Crippen molar-refractivity contribution in [3.05, 3.63) is 70.0 Å². The Kier molecular flexibility index (Phi) is 4.53. The molecule has 0 aliphatic carbocycles. The Labute approximate surface area is 122 Å². The topological polar surface area (TPSA) is 0 Å². The summed E-state index contributed by atoms with van der Waals surface area (Å²) in [7, 11) is 0. The van der Waals surface area contributed by atoms with Crippen molar-refractivity contribution in [3.63, 3.8) is 0 Å². The second kappa shape index (κ2) is 5.97. The highest BCUT2D eigenvalue weighted by molar-refractivity contribution is 9.09. The van der Waals surface area contributed by atoms with Crippen molar-refractivity contribution >= 4 is 27.5 Å². The second-order valence-corrected chi connectivity index (χ2v) is 5.58. The van der Waals surface area contributed by atoms with Gasteiger partial charge in [-0.1, -0.05) is 39.7 Å². The number of rotatable bonds is 3. The lowest BCUT2D eigenvalue weighted by Crippen LogP contribution is -2.03. The number of alkyl halides is 1. The van der Waals surface area contributed by atoms with Crippen LogP contribution in [-0.4, -0.2) is 0 Å². The van der Waals surface area contributed by atoms with Crippen LogP contribution in [-0.2, 0) is 6.42 Å². The molecule has 0 N–H and O–H groups in total. The average Bonchev–Trinajstić information content (AvgIpc) is 2.33. The van der Waals surface area contributed by atoms with Gasteiger partial charge in [0, 0.05) is 21.0 Å². The Morgan fingerprint density at radius 1 is 1.00 bits per heavy atom. The standard InChI is InChI=1S/C14H9BrClF3/c15-11(9-5-4-8(16)6-14(9)19)7-10-12(17)2-1-3-13(10)18/h1-6,11H,7H2. The molecule has 0 saturated carbocycles. The van der Waals surface area contributed by atoms with Gasteiger partial charge in [-0.2, -0.15) is 0 Å². The summed E-state index contributed by atoms with van der Waals surface area (Å²) in [5, 5.41) is 0.276. The van der Waals surface area contributed by atoms with Gasteiger partial charge in [-0.25, -0.2) is 13.2 Å². The van der Waals surface area contributed by atoms with Crippen LogP contribution in [0, 0.1) is 17.5 Å². The van der Waals surface area contributed by atoms with E-state index in [-0.39, 0.29) is 17.0 Å². The van der Waals surface area contributed by atoms with E-state index in [4.69, 9.17) is 11.6 Å². The first-order valence-corrected chi connectivity index (χ1v) is 6.80. The van der Waals surface area contributed by atoms with Gasteiger partial charge in [0.2, 0.25) is 0 Å². The second-order valence-electron chi connectivity index (χ2n) is 4.04. The maximum atomic E-state index is 13.7. The number of benzene rings is 2. The third-order valence-corrected chi connectivity index (χ3v) is 3.80. The van der Waals surface area contributed by atoms with Gasteiger partial charge >= 0.3 is 0 Å². The summed E-state index contributed by atoms with van der Waals surface area (Å²) in [4.78, 5) is -0.531. The molecule has 2 aromatic rings. The van der Waals surface area contributed by atoms with Crippen molar-refractivity contribution in [2.75, 3.05) is 0 Å². The number of halogens is 5. The molecule has 0 radical (unpaired) electrons. The Morgan fingerprint density at radius 2 is 1.63 bits per heavy atom. The van der Waals surface area contributed by atoms with Crippen molar-refractivity contribution < 1.29 is 13.2 Å². The van der Waals surface area contributed by atoms with Gasteiger partial charge in [-0.3, -0.25) is 0 Å². The first-order chi connectivity index (χ1) is 8.99. The van der Waals surface area contributed by atoms with Crippen LogP contribution in [0.3, 0.4) is 0 Å². The zero-order valence-corrected chi connectivity index (χ0v) is 12.0. The van der Waals surface area contributed by atoms with Crippen LogP contribution < -0.4 is 0 Å². The SMILES string of the molecule is Fc1cc(Cl)ccc1C(Br)Cc1c(F)cccc1F. The lowest BCUT2D eigenvalue weighted by Gasteiger charge is -2.13. The van der Waals surface area contributed by atoms with Gasteiger partial charge in [0.1, 0.15) is 17.5 Å². The summed E-state index contributed by atoms with van der Waals surface area (Å²) in [6.45, 7) is 0. The Bertz CT molecular complexity index is 581. The molecule has 1 atom stereocenters. The first-order valence-electron chi connectivity index (χ1n) is 5.51. The van der Waals surface area contributed by atoms with Crippen LogP contribution in [0.25, 0.3) is 0 Å². The van der Waals surface area contributed by atoms with E-state index >= 15 is 0 Å². The predicted molar refractivity (Wildman–Crippen MR) is 73.1 cm³/mol. The zero-order valence-electron chi connectivity index (χ0n) is 9.64. The molecule has 0 fully saturated rings. The molecule has 0 saturated heterocycles. The maximum Gasteiger partial charge on any atom is 0.129 e. The van der Waals surface area contributed by atoms with E-state index in [2.05, 4.69) is 15.9 Å². The van der Waals surface area contributed by atoms with Crippen molar-refractivity contribution in [2.45, 2.75) is 11.2 Å². The fourth-order valence-corrected chi connectivity index (χ4v) is 2.63. The van der Waals surface area contributed by atoms with Crippen molar-refractivity contribution in [1.82, 2.24) is 0 Å². The highest BCUT2D eigenvalue weighted by atomic mass is 79.9. The fraction of sp³-hybridized carbons (Fsp3) is 0.143. The molecule has 0 bridgehead atoms. The molecule has 0 aliphatic rings. The van der Waals surface area contributed by atoms with Crippen LogP contribution in [0.1, 0.15) is 16.0 Å². The summed E-state index contributed by atoms with van der Waals surface area (Å²) in [5.74, 6) is -1.79.